The molecule has 2 N–H and O–H groups in total. The van der Waals surface area contributed by atoms with Crippen molar-refractivity contribution in [2.75, 3.05) is 16.8 Å². The third-order valence-corrected chi connectivity index (χ3v) is 10.1. The number of imide groups is 1. The van der Waals surface area contributed by atoms with Crippen LogP contribution in [0, 0.1) is 12.8 Å². The number of rotatable bonds is 6. The van der Waals surface area contributed by atoms with Gasteiger partial charge in [-0.1, -0.05) is 68.8 Å². The highest BCUT2D eigenvalue weighted by atomic mass is 79.9. The van der Waals surface area contributed by atoms with Crippen molar-refractivity contribution in [3.05, 3.63) is 102 Å². The number of anilines is 2. The van der Waals surface area contributed by atoms with Crippen molar-refractivity contribution in [1.29, 1.82) is 0 Å². The third kappa shape index (κ3) is 5.23. The monoisotopic (exact) mass is 669 g/mol. The van der Waals surface area contributed by atoms with Crippen molar-refractivity contribution in [3.63, 3.8) is 0 Å². The summed E-state index contributed by atoms with van der Waals surface area (Å²) in [6, 6.07) is 19.2. The molecule has 3 atom stereocenters. The Hall–Kier alpha value is -3.38. The Morgan fingerprint density at radius 2 is 1.83 bits per heavy atom. The molecule has 208 valence electrons. The summed E-state index contributed by atoms with van der Waals surface area (Å²) < 4.78 is 6.75. The molecule has 8 nitrogen and oxygen atoms in total. The average molecular weight is 671 g/mol. The minimum atomic E-state index is -0.806. The molecule has 0 unspecified atom stereocenters. The molecule has 1 aromatic heterocycles. The molecule has 1 fully saturated rings. The van der Waals surface area contributed by atoms with Gasteiger partial charge >= 0.3 is 4.87 Å². The van der Waals surface area contributed by atoms with Crippen molar-refractivity contribution in [3.8, 4) is 5.75 Å². The number of para-hydroxylation sites is 1. The van der Waals surface area contributed by atoms with Crippen molar-refractivity contribution in [2.45, 2.75) is 23.1 Å². The molecule has 41 heavy (non-hydrogen) atoms. The fraction of sp³-hybridized carbons (Fsp3) is 0.172. The maximum absolute atomic E-state index is 14.0. The summed E-state index contributed by atoms with van der Waals surface area (Å²) in [6.07, 6.45) is 0. The Morgan fingerprint density at radius 3 is 2.59 bits per heavy atom. The smallest absolute Gasteiger partial charge is 0.305 e. The Kier molecular flexibility index (Phi) is 7.54. The van der Waals surface area contributed by atoms with Crippen molar-refractivity contribution < 1.29 is 19.1 Å². The van der Waals surface area contributed by atoms with Crippen molar-refractivity contribution in [2.24, 2.45) is 5.92 Å². The Balaban J connectivity index is 1.37. The fourth-order valence-corrected chi connectivity index (χ4v) is 8.14. The van der Waals surface area contributed by atoms with Gasteiger partial charge in [-0.05, 0) is 61.0 Å². The van der Waals surface area contributed by atoms with Crippen molar-refractivity contribution in [1.82, 2.24) is 4.98 Å². The van der Waals surface area contributed by atoms with E-state index in [4.69, 9.17) is 16.3 Å². The zero-order valence-corrected chi connectivity index (χ0v) is 25.3. The predicted octanol–water partition coefficient (Wildman–Crippen LogP) is 5.97. The largest absolute Gasteiger partial charge is 0.483 e. The maximum Gasteiger partial charge on any atom is 0.305 e. The van der Waals surface area contributed by atoms with E-state index in [0.29, 0.717) is 37.6 Å². The van der Waals surface area contributed by atoms with Crippen LogP contribution >= 0.6 is 50.6 Å². The van der Waals surface area contributed by atoms with Crippen LogP contribution in [0.25, 0.3) is 0 Å². The summed E-state index contributed by atoms with van der Waals surface area (Å²) in [5.74, 6) is -2.20. The number of H-pyrrole nitrogens is 1. The van der Waals surface area contributed by atoms with Gasteiger partial charge < -0.3 is 15.0 Å². The van der Waals surface area contributed by atoms with Crippen LogP contribution in [-0.4, -0.2) is 34.6 Å². The number of fused-ring (bicyclic) bond motifs is 2. The number of carbonyl (C=O) groups excluding carboxylic acids is 3. The normalized spacial score (nSPS) is 19.6. The Bertz CT molecular complexity index is 1760. The number of hydrogen-bond acceptors (Lipinski definition) is 7. The molecule has 2 aliphatic rings. The van der Waals surface area contributed by atoms with Crippen LogP contribution in [0.4, 0.5) is 11.4 Å². The zero-order chi connectivity index (χ0) is 28.8. The van der Waals surface area contributed by atoms with Crippen LogP contribution in [-0.2, 0) is 14.4 Å². The van der Waals surface area contributed by atoms with Crippen LogP contribution in [0.3, 0.4) is 0 Å². The highest BCUT2D eigenvalue weighted by molar-refractivity contribution is 9.10. The highest BCUT2D eigenvalue weighted by Gasteiger charge is 2.56. The molecule has 3 aromatic carbocycles. The average Bonchev–Trinajstić information content (AvgIpc) is 3.44. The van der Waals surface area contributed by atoms with Crippen molar-refractivity contribution >= 4 is 79.7 Å². The number of ether oxygens (including phenoxy) is 1. The molecule has 0 saturated carbocycles. The van der Waals surface area contributed by atoms with Crippen LogP contribution in [0.15, 0.2) is 81.0 Å². The topological polar surface area (TPSA) is 109 Å². The molecular formula is C29H21BrClN3O5S2. The highest BCUT2D eigenvalue weighted by Crippen LogP contribution is 2.54. The van der Waals surface area contributed by atoms with Crippen LogP contribution in [0.2, 0.25) is 5.02 Å². The Morgan fingerprint density at radius 1 is 1.07 bits per heavy atom. The fourth-order valence-electron chi connectivity index (χ4n) is 5.13. The van der Waals surface area contributed by atoms with E-state index >= 15 is 0 Å². The number of thioether (sulfide) groups is 1. The van der Waals surface area contributed by atoms with E-state index in [1.54, 1.807) is 36.4 Å². The molecule has 2 aliphatic heterocycles. The number of benzene rings is 3. The molecule has 0 aliphatic carbocycles. The number of halogens is 2. The molecule has 3 amide bonds. The lowest BCUT2D eigenvalue weighted by molar-refractivity contribution is -0.122. The first-order valence-electron chi connectivity index (χ1n) is 12.5. The minimum absolute atomic E-state index is 0.279. The van der Waals surface area contributed by atoms with Crippen LogP contribution < -0.4 is 19.8 Å². The molecule has 1 saturated heterocycles. The lowest BCUT2D eigenvalue weighted by Crippen LogP contribution is -2.32. The van der Waals surface area contributed by atoms with Gasteiger partial charge in [0.1, 0.15) is 11.0 Å². The van der Waals surface area contributed by atoms with Gasteiger partial charge in [-0.2, -0.15) is 0 Å². The molecule has 0 bridgehead atoms. The molecule has 12 heteroatoms. The van der Waals surface area contributed by atoms with E-state index < -0.39 is 17.1 Å². The third-order valence-electron chi connectivity index (χ3n) is 6.99. The number of aromatic amines is 1. The lowest BCUT2D eigenvalue weighted by Gasteiger charge is -2.31. The second-order valence-electron chi connectivity index (χ2n) is 9.57. The van der Waals surface area contributed by atoms with Gasteiger partial charge in [0.15, 0.2) is 6.61 Å². The number of amides is 3. The minimum Gasteiger partial charge on any atom is -0.483 e. The number of carbonyl (C=O) groups is 3. The first-order valence-corrected chi connectivity index (χ1v) is 15.4. The van der Waals surface area contributed by atoms with E-state index in [9.17, 15) is 19.2 Å². The molecule has 0 radical (unpaired) electrons. The quantitative estimate of drug-likeness (QED) is 0.245. The van der Waals surface area contributed by atoms with Gasteiger partial charge in [-0.25, -0.2) is 4.90 Å². The second-order valence-corrected chi connectivity index (χ2v) is 13.1. The van der Waals surface area contributed by atoms with Gasteiger partial charge in [0, 0.05) is 31.5 Å². The van der Waals surface area contributed by atoms with Gasteiger partial charge in [-0.3, -0.25) is 19.2 Å². The summed E-state index contributed by atoms with van der Waals surface area (Å²) in [5.41, 5.74) is 2.62. The van der Waals surface area contributed by atoms with E-state index in [1.165, 1.54) is 16.7 Å². The number of aryl methyl sites for hydroxylation is 1. The molecule has 3 heterocycles. The first kappa shape index (κ1) is 27.8. The zero-order valence-electron chi connectivity index (χ0n) is 21.4. The standard InChI is InChI=1S/C29H21BrClN3O5S2/c1-14-4-2-3-5-19(14)32-21(35)13-39-20-11-6-15(30)12-18(20)22-23-25(40-26-24(22)41-29(38)33-26)28(37)34(27(23)36)17-9-7-16(31)8-10-17/h2-12,22-23,25H,13H2,1H3,(H,32,35)(H,33,38)/t22-,23-,25+/m0/s1. The molecular weight excluding hydrogens is 650 g/mol. The number of hydrogen-bond donors (Lipinski definition) is 2. The van der Waals surface area contributed by atoms with Gasteiger partial charge in [-0.15, -0.1) is 0 Å². The van der Waals surface area contributed by atoms with Gasteiger partial charge in [0.25, 0.3) is 5.91 Å². The molecule has 6 rings (SSSR count). The predicted molar refractivity (Wildman–Crippen MR) is 163 cm³/mol. The number of aromatic nitrogens is 1. The van der Waals surface area contributed by atoms with Crippen LogP contribution in [0.1, 0.15) is 21.9 Å². The van der Waals surface area contributed by atoms with Gasteiger partial charge in [0.2, 0.25) is 11.8 Å². The lowest BCUT2D eigenvalue weighted by atomic mass is 9.82. The first-order chi connectivity index (χ1) is 19.7. The van der Waals surface area contributed by atoms with E-state index in [0.717, 1.165) is 21.4 Å². The summed E-state index contributed by atoms with van der Waals surface area (Å²) in [4.78, 5) is 57.3. The Labute approximate surface area is 256 Å². The van der Waals surface area contributed by atoms with Gasteiger partial charge in [0.05, 0.1) is 16.6 Å². The SMILES string of the molecule is Cc1ccccc1NC(=O)COc1ccc(Br)cc1[C@@H]1c2sc(=O)[nH]c2S[C@H]2C(=O)N(c3ccc(Cl)cc3)C(=O)[C@@H]12. The van der Waals surface area contributed by atoms with E-state index in [1.807, 2.05) is 37.3 Å². The number of nitrogens with one attached hydrogen (secondary N) is 2. The summed E-state index contributed by atoms with van der Waals surface area (Å²) >= 11 is 11.8. The summed E-state index contributed by atoms with van der Waals surface area (Å²) in [6.45, 7) is 1.62. The molecule has 0 spiro atoms. The molecule has 4 aromatic rings. The second kappa shape index (κ2) is 11.1. The number of thiazole rings is 1. The van der Waals surface area contributed by atoms with Crippen LogP contribution in [0.5, 0.6) is 5.75 Å². The maximum atomic E-state index is 14.0. The summed E-state index contributed by atoms with van der Waals surface area (Å²) in [5, 5.41) is 3.12. The van der Waals surface area contributed by atoms with E-state index in [-0.39, 0.29) is 29.2 Å². The summed E-state index contributed by atoms with van der Waals surface area (Å²) in [7, 11) is 0. The van der Waals surface area contributed by atoms with E-state index in [2.05, 4.69) is 26.2 Å². The number of nitrogens with zero attached hydrogens (tertiary/aromatic N) is 1.